The van der Waals surface area contributed by atoms with E-state index in [0.717, 1.165) is 16.3 Å². The number of aryl methyl sites for hydroxylation is 4. The van der Waals surface area contributed by atoms with E-state index >= 15 is 0 Å². The number of hydrogen-bond acceptors (Lipinski definition) is 6. The van der Waals surface area contributed by atoms with Crippen LogP contribution in [0.1, 0.15) is 32.9 Å². The number of benzene rings is 1. The highest BCUT2D eigenvalue weighted by Gasteiger charge is 2.14. The molecular weight excluding hydrogens is 358 g/mol. The van der Waals surface area contributed by atoms with E-state index in [2.05, 4.69) is 51.8 Å². The molecule has 2 aromatic heterocycles. The minimum atomic E-state index is -0.294. The van der Waals surface area contributed by atoms with Gasteiger partial charge in [0.05, 0.1) is 5.56 Å². The monoisotopic (exact) mass is 379 g/mol. The van der Waals surface area contributed by atoms with E-state index in [0.29, 0.717) is 16.5 Å². The zero-order valence-corrected chi connectivity index (χ0v) is 16.5. The molecule has 0 atom stereocenters. The summed E-state index contributed by atoms with van der Waals surface area (Å²) in [5, 5.41) is 0.640. The van der Waals surface area contributed by atoms with Gasteiger partial charge in [-0.2, -0.15) is 0 Å². The topological polar surface area (TPSA) is 79.8 Å². The summed E-state index contributed by atoms with van der Waals surface area (Å²) in [6, 6.07) is 11.6. The smallest absolute Gasteiger partial charge is 0.267 e. The van der Waals surface area contributed by atoms with Crippen LogP contribution in [0.15, 0.2) is 52.5 Å². The van der Waals surface area contributed by atoms with Crippen LogP contribution >= 0.6 is 11.8 Å². The zero-order valence-electron chi connectivity index (χ0n) is 15.7. The molecule has 0 radical (unpaired) electrons. The van der Waals surface area contributed by atoms with Crippen molar-refractivity contribution in [1.29, 1.82) is 0 Å². The van der Waals surface area contributed by atoms with Crippen LogP contribution in [0.5, 0.6) is 0 Å². The average molecular weight is 379 g/mol. The number of carbonyl (C=O) groups excluding carboxylic acids is 1. The molecule has 0 saturated heterocycles. The predicted octanol–water partition coefficient (Wildman–Crippen LogP) is 4.01. The molecule has 0 aliphatic rings. The third-order valence-electron chi connectivity index (χ3n) is 3.98. The van der Waals surface area contributed by atoms with Gasteiger partial charge in [0.1, 0.15) is 5.03 Å². The third-order valence-corrected chi connectivity index (χ3v) is 4.99. The lowest BCUT2D eigenvalue weighted by Gasteiger charge is -2.11. The molecule has 0 aliphatic carbocycles. The molecule has 0 fully saturated rings. The molecule has 0 bridgehead atoms. The number of rotatable bonds is 5. The van der Waals surface area contributed by atoms with Crippen LogP contribution < -0.4 is 10.9 Å². The molecule has 0 saturated carbocycles. The fourth-order valence-corrected chi connectivity index (χ4v) is 3.48. The first-order valence-corrected chi connectivity index (χ1v) is 9.33. The lowest BCUT2D eigenvalue weighted by atomic mass is 10.1. The van der Waals surface area contributed by atoms with Gasteiger partial charge in [0, 0.05) is 22.5 Å². The van der Waals surface area contributed by atoms with E-state index < -0.39 is 0 Å². The van der Waals surface area contributed by atoms with Crippen LogP contribution in [0.3, 0.4) is 0 Å². The van der Waals surface area contributed by atoms with Crippen molar-refractivity contribution in [1.82, 2.24) is 20.4 Å². The van der Waals surface area contributed by atoms with Crippen LogP contribution in [0.4, 0.5) is 5.95 Å². The number of pyridine rings is 1. The number of hydrogen-bond donors (Lipinski definition) is 2. The quantitative estimate of drug-likeness (QED) is 0.652. The zero-order chi connectivity index (χ0) is 19.4. The molecule has 1 aromatic carbocycles. The van der Waals surface area contributed by atoms with Crippen molar-refractivity contribution in [2.45, 2.75) is 37.6 Å². The van der Waals surface area contributed by atoms with E-state index in [1.807, 2.05) is 26.0 Å². The standard InChI is InChI=1S/C20H21N5OS/c1-12-7-8-16(10-13(12)2)27-19-17(6-5-9-21-19)18(26)24-25-20-22-14(3)11-15(4)23-20/h5-11H,1-4H3,(H,24,26)(H,22,23,25). The number of aromatic nitrogens is 3. The van der Waals surface area contributed by atoms with Gasteiger partial charge in [-0.3, -0.25) is 15.6 Å². The van der Waals surface area contributed by atoms with Crippen molar-refractivity contribution in [2.75, 3.05) is 5.43 Å². The van der Waals surface area contributed by atoms with E-state index in [1.54, 1.807) is 18.3 Å². The summed E-state index contributed by atoms with van der Waals surface area (Å²) >= 11 is 1.46. The van der Waals surface area contributed by atoms with E-state index in [4.69, 9.17) is 0 Å². The number of nitrogens with zero attached hydrogens (tertiary/aromatic N) is 3. The highest BCUT2D eigenvalue weighted by molar-refractivity contribution is 7.99. The van der Waals surface area contributed by atoms with Crippen molar-refractivity contribution >= 4 is 23.6 Å². The Balaban J connectivity index is 1.76. The van der Waals surface area contributed by atoms with Crippen molar-refractivity contribution in [3.63, 3.8) is 0 Å². The first kappa shape index (κ1) is 18.8. The number of hydrazine groups is 1. The molecule has 138 valence electrons. The predicted molar refractivity (Wildman–Crippen MR) is 107 cm³/mol. The van der Waals surface area contributed by atoms with Gasteiger partial charge in [0.15, 0.2) is 0 Å². The normalized spacial score (nSPS) is 10.5. The van der Waals surface area contributed by atoms with Gasteiger partial charge in [-0.1, -0.05) is 17.8 Å². The summed E-state index contributed by atoms with van der Waals surface area (Å²) in [4.78, 5) is 26.5. The SMILES string of the molecule is Cc1cc(C)nc(NNC(=O)c2cccnc2Sc2ccc(C)c(C)c2)n1. The van der Waals surface area contributed by atoms with E-state index in [1.165, 1.54) is 22.9 Å². The third kappa shape index (κ3) is 4.83. The van der Waals surface area contributed by atoms with Crippen molar-refractivity contribution in [3.8, 4) is 0 Å². The van der Waals surface area contributed by atoms with E-state index in [9.17, 15) is 4.79 Å². The Morgan fingerprint density at radius 3 is 2.41 bits per heavy atom. The number of amides is 1. The molecule has 0 aliphatic heterocycles. The molecular formula is C20H21N5OS. The second-order valence-electron chi connectivity index (χ2n) is 6.26. The average Bonchev–Trinajstić information content (AvgIpc) is 2.62. The maximum Gasteiger partial charge on any atom is 0.272 e. The lowest BCUT2D eigenvalue weighted by molar-refractivity contribution is 0.0958. The number of nitrogens with one attached hydrogen (secondary N) is 2. The molecule has 1 amide bonds. The second-order valence-corrected chi connectivity index (χ2v) is 7.32. The van der Waals surface area contributed by atoms with Gasteiger partial charge in [0.25, 0.3) is 5.91 Å². The summed E-state index contributed by atoms with van der Waals surface area (Å²) in [5.41, 5.74) is 9.99. The maximum absolute atomic E-state index is 12.6. The summed E-state index contributed by atoms with van der Waals surface area (Å²) < 4.78 is 0. The minimum absolute atomic E-state index is 0.294. The Morgan fingerprint density at radius 2 is 1.70 bits per heavy atom. The highest BCUT2D eigenvalue weighted by atomic mass is 32.2. The van der Waals surface area contributed by atoms with Crippen molar-refractivity contribution in [2.24, 2.45) is 0 Å². The fraction of sp³-hybridized carbons (Fsp3) is 0.200. The molecule has 7 heteroatoms. The summed E-state index contributed by atoms with van der Waals surface area (Å²) in [5.74, 6) is 0.0605. The minimum Gasteiger partial charge on any atom is -0.267 e. The summed E-state index contributed by atoms with van der Waals surface area (Å²) in [7, 11) is 0. The number of anilines is 1. The van der Waals surface area contributed by atoms with E-state index in [-0.39, 0.29) is 5.91 Å². The Hall–Kier alpha value is -2.93. The van der Waals surface area contributed by atoms with Crippen LogP contribution in [-0.2, 0) is 0 Å². The largest absolute Gasteiger partial charge is 0.272 e. The fourth-order valence-electron chi connectivity index (χ4n) is 2.50. The first-order chi connectivity index (χ1) is 12.9. The van der Waals surface area contributed by atoms with Gasteiger partial charge in [-0.15, -0.1) is 0 Å². The lowest BCUT2D eigenvalue weighted by Crippen LogP contribution is -2.31. The Kier molecular flexibility index (Phi) is 5.71. The van der Waals surface area contributed by atoms with Crippen LogP contribution in [-0.4, -0.2) is 20.9 Å². The maximum atomic E-state index is 12.6. The highest BCUT2D eigenvalue weighted by Crippen LogP contribution is 2.29. The molecule has 0 spiro atoms. The summed E-state index contributed by atoms with van der Waals surface area (Å²) in [6.07, 6.45) is 1.68. The Bertz CT molecular complexity index is 970. The molecule has 3 aromatic rings. The van der Waals surface area contributed by atoms with Crippen molar-refractivity contribution in [3.05, 3.63) is 70.7 Å². The molecule has 2 N–H and O–H groups in total. The summed E-state index contributed by atoms with van der Waals surface area (Å²) in [6.45, 7) is 7.89. The molecule has 2 heterocycles. The van der Waals surface area contributed by atoms with Gasteiger partial charge < -0.3 is 0 Å². The van der Waals surface area contributed by atoms with Crippen molar-refractivity contribution < 1.29 is 4.79 Å². The van der Waals surface area contributed by atoms with Crippen LogP contribution in [0.25, 0.3) is 0 Å². The van der Waals surface area contributed by atoms with Crippen LogP contribution in [0.2, 0.25) is 0 Å². The number of carbonyl (C=O) groups is 1. The molecule has 0 unspecified atom stereocenters. The molecule has 6 nitrogen and oxygen atoms in total. The van der Waals surface area contributed by atoms with Gasteiger partial charge >= 0.3 is 0 Å². The van der Waals surface area contributed by atoms with Gasteiger partial charge in [-0.25, -0.2) is 15.0 Å². The van der Waals surface area contributed by atoms with Gasteiger partial charge in [0.2, 0.25) is 5.95 Å². The first-order valence-electron chi connectivity index (χ1n) is 8.51. The Labute approximate surface area is 162 Å². The molecule has 27 heavy (non-hydrogen) atoms. The van der Waals surface area contributed by atoms with Crippen LogP contribution in [0, 0.1) is 27.7 Å². The second kappa shape index (κ2) is 8.18. The molecule has 3 rings (SSSR count). The van der Waals surface area contributed by atoms with Gasteiger partial charge in [-0.05, 0) is 69.2 Å². The Morgan fingerprint density at radius 1 is 0.963 bits per heavy atom.